The number of likely N-dealkylation sites (tertiary alicyclic amines) is 1. The molecule has 7 nitrogen and oxygen atoms in total. The van der Waals surface area contributed by atoms with E-state index in [0.29, 0.717) is 31.1 Å². The molecular weight excluding hydrogens is 418 g/mol. The Hall–Kier alpha value is -3.19. The lowest BCUT2D eigenvalue weighted by Crippen LogP contribution is -2.32. The van der Waals surface area contributed by atoms with Crippen LogP contribution in [0.4, 0.5) is 0 Å². The van der Waals surface area contributed by atoms with Crippen LogP contribution in [0, 0.1) is 12.8 Å². The Morgan fingerprint density at radius 2 is 1.88 bits per heavy atom. The van der Waals surface area contributed by atoms with E-state index in [9.17, 15) is 14.7 Å². The highest BCUT2D eigenvalue weighted by Crippen LogP contribution is 2.39. The number of aryl methyl sites for hydroxylation is 1. The number of pyridine rings is 1. The maximum atomic E-state index is 13.1. The molecule has 1 aromatic heterocycles. The van der Waals surface area contributed by atoms with Gasteiger partial charge in [0.1, 0.15) is 11.5 Å². The second-order valence-electron chi connectivity index (χ2n) is 9.11. The minimum Gasteiger partial charge on any atom is -0.507 e. The first-order valence-corrected chi connectivity index (χ1v) is 11.3. The molecule has 2 heterocycles. The van der Waals surface area contributed by atoms with Crippen molar-refractivity contribution in [1.29, 1.82) is 0 Å². The van der Waals surface area contributed by atoms with Crippen molar-refractivity contribution in [2.75, 3.05) is 33.8 Å². The van der Waals surface area contributed by atoms with E-state index in [1.54, 1.807) is 47.6 Å². The molecule has 33 heavy (non-hydrogen) atoms. The summed E-state index contributed by atoms with van der Waals surface area (Å²) in [6.07, 6.45) is 3.96. The van der Waals surface area contributed by atoms with E-state index in [2.05, 4.69) is 18.8 Å². The highest BCUT2D eigenvalue weighted by molar-refractivity contribution is 6.46. The molecular formula is C26H33N3O4. The lowest BCUT2D eigenvalue weighted by molar-refractivity contribution is -0.139. The summed E-state index contributed by atoms with van der Waals surface area (Å²) in [5, 5.41) is 11.2. The van der Waals surface area contributed by atoms with Crippen molar-refractivity contribution in [2.45, 2.75) is 33.2 Å². The Balaban J connectivity index is 2.01. The molecule has 0 saturated carbocycles. The van der Waals surface area contributed by atoms with Crippen LogP contribution < -0.4 is 4.74 Å². The number of rotatable bonds is 9. The standard InChI is InChI=1S/C26H33N3O4/c1-17(2)16-33-21-8-7-20(15-18(21)3)24(30)22-23(19-9-11-27-12-10-19)29(26(32)25(22)31)14-6-13-28(4)5/h7-12,15,17,23,30H,6,13-14,16H2,1-5H3. The first-order chi connectivity index (χ1) is 15.7. The Labute approximate surface area is 195 Å². The van der Waals surface area contributed by atoms with Gasteiger partial charge in [-0.2, -0.15) is 0 Å². The number of nitrogens with zero attached hydrogens (tertiary/aromatic N) is 3. The van der Waals surface area contributed by atoms with Gasteiger partial charge in [0.15, 0.2) is 0 Å². The number of carbonyl (C=O) groups is 2. The molecule has 0 radical (unpaired) electrons. The smallest absolute Gasteiger partial charge is 0.295 e. The summed E-state index contributed by atoms with van der Waals surface area (Å²) in [5.41, 5.74) is 2.17. The molecule has 1 N–H and O–H groups in total. The van der Waals surface area contributed by atoms with Crippen LogP contribution in [0.15, 0.2) is 48.3 Å². The topological polar surface area (TPSA) is 83.0 Å². The van der Waals surface area contributed by atoms with Gasteiger partial charge in [-0.1, -0.05) is 13.8 Å². The summed E-state index contributed by atoms with van der Waals surface area (Å²) in [6.45, 7) is 7.83. The van der Waals surface area contributed by atoms with Crippen LogP contribution in [0.5, 0.6) is 5.75 Å². The van der Waals surface area contributed by atoms with Gasteiger partial charge in [-0.15, -0.1) is 0 Å². The van der Waals surface area contributed by atoms with Gasteiger partial charge in [-0.05, 0) is 81.4 Å². The van der Waals surface area contributed by atoms with Crippen molar-refractivity contribution < 1.29 is 19.4 Å². The number of hydrogen-bond acceptors (Lipinski definition) is 6. The fourth-order valence-electron chi connectivity index (χ4n) is 3.93. The van der Waals surface area contributed by atoms with E-state index in [0.717, 1.165) is 23.4 Å². The lowest BCUT2D eigenvalue weighted by atomic mass is 9.95. The zero-order chi connectivity index (χ0) is 24.1. The van der Waals surface area contributed by atoms with Crippen LogP contribution in [0.3, 0.4) is 0 Å². The third-order valence-electron chi connectivity index (χ3n) is 5.59. The first kappa shape index (κ1) is 24.5. The maximum absolute atomic E-state index is 13.1. The van der Waals surface area contributed by atoms with Crippen molar-refractivity contribution in [1.82, 2.24) is 14.8 Å². The van der Waals surface area contributed by atoms with Gasteiger partial charge >= 0.3 is 0 Å². The number of aliphatic hydroxyl groups excluding tert-OH is 1. The van der Waals surface area contributed by atoms with Gasteiger partial charge in [0.25, 0.3) is 11.7 Å². The largest absolute Gasteiger partial charge is 0.507 e. The molecule has 0 bridgehead atoms. The molecule has 3 rings (SSSR count). The molecule has 1 aliphatic heterocycles. The summed E-state index contributed by atoms with van der Waals surface area (Å²) < 4.78 is 5.83. The number of Topliss-reactive ketones (excluding diaryl/α,β-unsaturated/α-hetero) is 1. The van der Waals surface area contributed by atoms with E-state index in [1.165, 1.54) is 0 Å². The Morgan fingerprint density at radius 3 is 2.48 bits per heavy atom. The highest BCUT2D eigenvalue weighted by Gasteiger charge is 2.45. The molecule has 1 unspecified atom stereocenters. The predicted octanol–water partition coefficient (Wildman–Crippen LogP) is 3.80. The van der Waals surface area contributed by atoms with Gasteiger partial charge in [0, 0.05) is 24.5 Å². The van der Waals surface area contributed by atoms with E-state index >= 15 is 0 Å². The molecule has 7 heteroatoms. The van der Waals surface area contributed by atoms with E-state index in [-0.39, 0.29) is 11.3 Å². The zero-order valence-electron chi connectivity index (χ0n) is 20.0. The van der Waals surface area contributed by atoms with Crippen LogP contribution >= 0.6 is 0 Å². The molecule has 0 spiro atoms. The third-order valence-corrected chi connectivity index (χ3v) is 5.59. The van der Waals surface area contributed by atoms with Gasteiger partial charge in [0.05, 0.1) is 18.2 Å². The van der Waals surface area contributed by atoms with Crippen LogP contribution in [0.2, 0.25) is 0 Å². The average molecular weight is 452 g/mol. The third kappa shape index (κ3) is 5.60. The minimum absolute atomic E-state index is 0.103. The van der Waals surface area contributed by atoms with Crippen molar-refractivity contribution in [3.63, 3.8) is 0 Å². The summed E-state index contributed by atoms with van der Waals surface area (Å²) in [7, 11) is 3.93. The summed E-state index contributed by atoms with van der Waals surface area (Å²) in [4.78, 5) is 33.7. The number of benzene rings is 1. The SMILES string of the molecule is Cc1cc(C(O)=C2C(=O)C(=O)N(CCCN(C)C)C2c2ccncc2)ccc1OCC(C)C. The fourth-order valence-corrected chi connectivity index (χ4v) is 3.93. The van der Waals surface area contributed by atoms with Crippen molar-refractivity contribution in [3.05, 3.63) is 65.0 Å². The molecule has 1 aromatic carbocycles. The predicted molar refractivity (Wildman–Crippen MR) is 128 cm³/mol. The van der Waals surface area contributed by atoms with E-state index in [1.807, 2.05) is 25.9 Å². The summed E-state index contributed by atoms with van der Waals surface area (Å²) in [5.74, 6) is -0.317. The molecule has 1 atom stereocenters. The number of ether oxygens (including phenoxy) is 1. The number of aromatic nitrogens is 1. The molecule has 176 valence electrons. The fraction of sp³-hybridized carbons (Fsp3) is 0.423. The summed E-state index contributed by atoms with van der Waals surface area (Å²) in [6, 6.07) is 8.19. The van der Waals surface area contributed by atoms with Gasteiger partial charge in [-0.3, -0.25) is 14.6 Å². The number of aliphatic hydroxyl groups is 1. The second kappa shape index (κ2) is 10.6. The average Bonchev–Trinajstić information content (AvgIpc) is 3.03. The maximum Gasteiger partial charge on any atom is 0.295 e. The Morgan fingerprint density at radius 1 is 1.18 bits per heavy atom. The second-order valence-corrected chi connectivity index (χ2v) is 9.11. The molecule has 0 aliphatic carbocycles. The van der Waals surface area contributed by atoms with Crippen molar-refractivity contribution >= 4 is 17.4 Å². The number of hydrogen-bond donors (Lipinski definition) is 1. The van der Waals surface area contributed by atoms with Crippen molar-refractivity contribution in [2.24, 2.45) is 5.92 Å². The van der Waals surface area contributed by atoms with Gasteiger partial charge in [0.2, 0.25) is 0 Å². The van der Waals surface area contributed by atoms with Gasteiger partial charge < -0.3 is 19.6 Å². The number of ketones is 1. The Kier molecular flexibility index (Phi) is 7.87. The summed E-state index contributed by atoms with van der Waals surface area (Å²) >= 11 is 0. The normalized spacial score (nSPS) is 17.9. The van der Waals surface area contributed by atoms with E-state index < -0.39 is 17.7 Å². The minimum atomic E-state index is -0.669. The first-order valence-electron chi connectivity index (χ1n) is 11.3. The molecule has 1 aliphatic rings. The molecule has 1 amide bonds. The van der Waals surface area contributed by atoms with Crippen LogP contribution in [0.25, 0.3) is 5.76 Å². The monoisotopic (exact) mass is 451 g/mol. The van der Waals surface area contributed by atoms with E-state index in [4.69, 9.17) is 4.74 Å². The molecule has 2 aromatic rings. The zero-order valence-corrected chi connectivity index (χ0v) is 20.0. The molecule has 1 saturated heterocycles. The van der Waals surface area contributed by atoms with Crippen molar-refractivity contribution in [3.8, 4) is 5.75 Å². The number of carbonyl (C=O) groups excluding carboxylic acids is 2. The van der Waals surface area contributed by atoms with Gasteiger partial charge in [-0.25, -0.2) is 0 Å². The quantitative estimate of drug-likeness (QED) is 0.355. The van der Waals surface area contributed by atoms with Crippen LogP contribution in [0.1, 0.15) is 43.0 Å². The lowest BCUT2D eigenvalue weighted by Gasteiger charge is -2.25. The number of amides is 1. The Bertz CT molecular complexity index is 1030. The molecule has 1 fully saturated rings. The van der Waals surface area contributed by atoms with Crippen LogP contribution in [-0.2, 0) is 9.59 Å². The van der Waals surface area contributed by atoms with Crippen LogP contribution in [-0.4, -0.2) is 65.4 Å². The highest BCUT2D eigenvalue weighted by atomic mass is 16.5.